The molecule has 0 radical (unpaired) electrons. The first-order valence-corrected chi connectivity index (χ1v) is 25.3. The molecular formula is C70H42N2. The molecule has 0 fully saturated rings. The van der Waals surface area contributed by atoms with E-state index >= 15 is 0 Å². The first kappa shape index (κ1) is 38.6. The molecule has 0 saturated heterocycles. The standard InChI is InChI=1S/C70H42N2/c1-3-21-46-43(18-1)20-15-36-62(46)71(45-39-40-53-61(42-45)69(59-41-38-44-19-2-4-22-47(44)66(53)59)54-28-9-5-23-48(54)49-24-6-10-29-55(49)69)65-37-17-32-58-67(65)52-26-7-11-30-56(52)70(58)57-31-12-14-35-64(57)72-63-34-13-8-25-50(63)51-27-16-33-60(70)68(51)72/h1-42H. The molecule has 4 aliphatic rings. The molecule has 3 aliphatic carbocycles. The molecule has 0 N–H and O–H groups in total. The van der Waals surface area contributed by atoms with Crippen LogP contribution in [-0.2, 0) is 10.8 Å². The summed E-state index contributed by atoms with van der Waals surface area (Å²) in [5.41, 5.74) is 24.4. The van der Waals surface area contributed by atoms with Crippen LogP contribution in [0, 0.1) is 0 Å². The lowest BCUT2D eigenvalue weighted by molar-refractivity contribution is 0.748. The SMILES string of the molecule is c1ccc2c(c1)-c1ccccc1C21c2cc(N(c3cccc4c3-c3ccccc3C43c4ccccc4-n4c5ccccc5c5cccc3c54)c3cccc4ccccc34)ccc2-c2c1ccc1ccccc21. The highest BCUT2D eigenvalue weighted by Crippen LogP contribution is 2.66. The van der Waals surface area contributed by atoms with E-state index < -0.39 is 10.8 Å². The zero-order chi connectivity index (χ0) is 46.9. The van der Waals surface area contributed by atoms with Crippen molar-refractivity contribution in [2.24, 2.45) is 0 Å². The molecule has 2 spiro atoms. The maximum atomic E-state index is 2.60. The van der Waals surface area contributed by atoms with Gasteiger partial charge in [0, 0.05) is 27.4 Å². The summed E-state index contributed by atoms with van der Waals surface area (Å²) in [4.78, 5) is 2.60. The second kappa shape index (κ2) is 13.8. The lowest BCUT2D eigenvalue weighted by Crippen LogP contribution is -2.33. The zero-order valence-electron chi connectivity index (χ0n) is 39.1. The number of para-hydroxylation sites is 3. The Balaban J connectivity index is 0.998. The Bertz CT molecular complexity index is 4500. The molecule has 13 aromatic rings. The van der Waals surface area contributed by atoms with Crippen molar-refractivity contribution in [2.75, 3.05) is 4.90 Å². The second-order valence-electron chi connectivity index (χ2n) is 20.2. The number of benzene rings is 12. The van der Waals surface area contributed by atoms with Crippen molar-refractivity contribution in [3.63, 3.8) is 0 Å². The molecule has 1 aromatic heterocycles. The fourth-order valence-electron chi connectivity index (χ4n) is 14.6. The van der Waals surface area contributed by atoms with Crippen LogP contribution in [0.2, 0.25) is 0 Å². The predicted octanol–water partition coefficient (Wildman–Crippen LogP) is 17.6. The highest BCUT2D eigenvalue weighted by molar-refractivity contribution is 6.14. The number of nitrogens with zero attached hydrogens (tertiary/aromatic N) is 2. The third-order valence-electron chi connectivity index (χ3n) is 17.2. The summed E-state index contributed by atoms with van der Waals surface area (Å²) in [6, 6.07) is 96.8. The third kappa shape index (κ3) is 4.49. The first-order valence-electron chi connectivity index (χ1n) is 25.3. The predicted molar refractivity (Wildman–Crippen MR) is 298 cm³/mol. The molecule has 1 aliphatic heterocycles. The second-order valence-corrected chi connectivity index (χ2v) is 20.2. The quantitative estimate of drug-likeness (QED) is 0.171. The van der Waals surface area contributed by atoms with Crippen molar-refractivity contribution in [1.29, 1.82) is 0 Å². The van der Waals surface area contributed by atoms with Crippen LogP contribution in [0.15, 0.2) is 255 Å². The van der Waals surface area contributed by atoms with Gasteiger partial charge in [-0.25, -0.2) is 0 Å². The molecule has 2 heterocycles. The van der Waals surface area contributed by atoms with E-state index in [1.165, 1.54) is 127 Å². The van der Waals surface area contributed by atoms with Crippen molar-refractivity contribution in [3.8, 4) is 39.1 Å². The summed E-state index contributed by atoms with van der Waals surface area (Å²) in [5.74, 6) is 0. The van der Waals surface area contributed by atoms with Crippen molar-refractivity contribution in [2.45, 2.75) is 10.8 Å². The van der Waals surface area contributed by atoms with Crippen LogP contribution in [-0.4, -0.2) is 4.57 Å². The van der Waals surface area contributed by atoms with Crippen LogP contribution in [0.4, 0.5) is 17.1 Å². The summed E-state index contributed by atoms with van der Waals surface area (Å²) in [6.45, 7) is 0. The Labute approximate surface area is 417 Å². The van der Waals surface area contributed by atoms with Gasteiger partial charge in [-0.05, 0) is 125 Å². The number of rotatable bonds is 3. The molecular weight excluding hydrogens is 869 g/mol. The van der Waals surface area contributed by atoms with Crippen LogP contribution >= 0.6 is 0 Å². The fraction of sp³-hybridized carbons (Fsp3) is 0.0286. The summed E-state index contributed by atoms with van der Waals surface area (Å²) in [6.07, 6.45) is 0. The van der Waals surface area contributed by atoms with Crippen molar-refractivity contribution < 1.29 is 0 Å². The maximum absolute atomic E-state index is 2.60. The number of hydrogen-bond acceptors (Lipinski definition) is 1. The molecule has 332 valence electrons. The summed E-state index contributed by atoms with van der Waals surface area (Å²) in [7, 11) is 0. The van der Waals surface area contributed by atoms with Gasteiger partial charge in [0.05, 0.1) is 38.9 Å². The number of hydrogen-bond donors (Lipinski definition) is 0. The minimum Gasteiger partial charge on any atom is -0.309 e. The van der Waals surface area contributed by atoms with Crippen LogP contribution in [0.5, 0.6) is 0 Å². The van der Waals surface area contributed by atoms with Gasteiger partial charge < -0.3 is 9.47 Å². The van der Waals surface area contributed by atoms with Crippen molar-refractivity contribution >= 4 is 60.4 Å². The van der Waals surface area contributed by atoms with E-state index in [0.29, 0.717) is 0 Å². The Morgan fingerprint density at radius 3 is 1.61 bits per heavy atom. The molecule has 0 saturated carbocycles. The van der Waals surface area contributed by atoms with Gasteiger partial charge in [-0.15, -0.1) is 0 Å². The first-order chi connectivity index (χ1) is 35.8. The molecule has 12 aromatic carbocycles. The molecule has 1 atom stereocenters. The summed E-state index contributed by atoms with van der Waals surface area (Å²) >= 11 is 0. The Kier molecular flexibility index (Phi) is 7.37. The highest BCUT2D eigenvalue weighted by atomic mass is 15.1. The van der Waals surface area contributed by atoms with Crippen molar-refractivity contribution in [1.82, 2.24) is 4.57 Å². The van der Waals surface area contributed by atoms with Gasteiger partial charge >= 0.3 is 0 Å². The fourth-order valence-corrected chi connectivity index (χ4v) is 14.6. The average molecular weight is 911 g/mol. The normalized spacial score (nSPS) is 15.7. The number of fused-ring (bicyclic) bond motifs is 25. The highest BCUT2D eigenvalue weighted by Gasteiger charge is 2.54. The Morgan fingerprint density at radius 2 is 0.806 bits per heavy atom. The van der Waals surface area contributed by atoms with Gasteiger partial charge in [-0.3, -0.25) is 0 Å². The van der Waals surface area contributed by atoms with Crippen LogP contribution in [0.1, 0.15) is 44.5 Å². The third-order valence-corrected chi connectivity index (χ3v) is 17.2. The van der Waals surface area contributed by atoms with Crippen LogP contribution in [0.3, 0.4) is 0 Å². The summed E-state index contributed by atoms with van der Waals surface area (Å²) < 4.78 is 2.54. The van der Waals surface area contributed by atoms with Gasteiger partial charge in [0.25, 0.3) is 0 Å². The smallest absolute Gasteiger partial charge is 0.0755 e. The molecule has 2 nitrogen and oxygen atoms in total. The Morgan fingerprint density at radius 1 is 0.292 bits per heavy atom. The van der Waals surface area contributed by atoms with Gasteiger partial charge in [-0.1, -0.05) is 218 Å². The Hall–Kier alpha value is -9.24. The maximum Gasteiger partial charge on any atom is 0.0755 e. The summed E-state index contributed by atoms with van der Waals surface area (Å²) in [5, 5.41) is 7.52. The van der Waals surface area contributed by atoms with E-state index in [0.717, 1.165) is 17.1 Å². The topological polar surface area (TPSA) is 8.17 Å². The van der Waals surface area contributed by atoms with Gasteiger partial charge in [0.2, 0.25) is 0 Å². The average Bonchev–Trinajstić information content (AvgIpc) is 4.15. The largest absolute Gasteiger partial charge is 0.309 e. The molecule has 2 heteroatoms. The minimum absolute atomic E-state index is 0.527. The van der Waals surface area contributed by atoms with Crippen molar-refractivity contribution in [3.05, 3.63) is 299 Å². The van der Waals surface area contributed by atoms with Gasteiger partial charge in [-0.2, -0.15) is 0 Å². The van der Waals surface area contributed by atoms with Gasteiger partial charge in [0.1, 0.15) is 0 Å². The minimum atomic E-state index is -0.588. The van der Waals surface area contributed by atoms with E-state index in [9.17, 15) is 0 Å². The molecule has 72 heavy (non-hydrogen) atoms. The lowest BCUT2D eigenvalue weighted by atomic mass is 9.65. The molecule has 0 bridgehead atoms. The number of aromatic nitrogens is 1. The zero-order valence-corrected chi connectivity index (χ0v) is 39.1. The van der Waals surface area contributed by atoms with E-state index in [1.807, 2.05) is 0 Å². The van der Waals surface area contributed by atoms with E-state index in [4.69, 9.17) is 0 Å². The van der Waals surface area contributed by atoms with Crippen LogP contribution in [0.25, 0.3) is 82.4 Å². The van der Waals surface area contributed by atoms with E-state index in [-0.39, 0.29) is 0 Å². The van der Waals surface area contributed by atoms with E-state index in [1.54, 1.807) is 0 Å². The molecule has 1 unspecified atom stereocenters. The lowest BCUT2D eigenvalue weighted by Gasteiger charge is -2.39. The molecule has 17 rings (SSSR count). The monoisotopic (exact) mass is 910 g/mol. The molecule has 0 amide bonds. The van der Waals surface area contributed by atoms with E-state index in [2.05, 4.69) is 264 Å². The number of anilines is 3. The van der Waals surface area contributed by atoms with Gasteiger partial charge in [0.15, 0.2) is 0 Å². The van der Waals surface area contributed by atoms with Crippen LogP contribution < -0.4 is 4.90 Å².